The van der Waals surface area contributed by atoms with Gasteiger partial charge in [0, 0.05) is 19.6 Å². The Morgan fingerprint density at radius 1 is 1.14 bits per heavy atom. The number of hydrogen-bond donors (Lipinski definition) is 1. The number of hydrogen-bond acceptors (Lipinski definition) is 3. The second kappa shape index (κ2) is 7.38. The number of nitrogens with one attached hydrogen (secondary N) is 1. The van der Waals surface area contributed by atoms with Gasteiger partial charge in [-0.1, -0.05) is 32.0 Å². The fraction of sp³-hybridized carbons (Fsp3) is 0.625. The van der Waals surface area contributed by atoms with Crippen LogP contribution in [-0.4, -0.2) is 39.5 Å². The predicted octanol–water partition coefficient (Wildman–Crippen LogP) is 2.33. The van der Waals surface area contributed by atoms with Crippen molar-refractivity contribution >= 4 is 10.0 Å². The number of benzene rings is 1. The highest BCUT2D eigenvalue weighted by molar-refractivity contribution is 7.89. The minimum absolute atomic E-state index is 0.338. The molecule has 1 fully saturated rings. The maximum atomic E-state index is 12.1. The summed E-state index contributed by atoms with van der Waals surface area (Å²) in [7, 11) is -3.35. The van der Waals surface area contributed by atoms with E-state index in [-0.39, 0.29) is 0 Å². The molecule has 0 unspecified atom stereocenters. The second-order valence-electron chi connectivity index (χ2n) is 6.27. The topological polar surface area (TPSA) is 49.4 Å². The summed E-state index contributed by atoms with van der Waals surface area (Å²) in [6.45, 7) is 8.32. The molecule has 0 amide bonds. The van der Waals surface area contributed by atoms with Crippen molar-refractivity contribution in [2.24, 2.45) is 11.8 Å². The SMILES string of the molecule is C[C@H]1C[C@H](C)CN(CCCNS(=O)(=O)c2ccccc2)C1. The van der Waals surface area contributed by atoms with Gasteiger partial charge in [0.15, 0.2) is 0 Å². The summed E-state index contributed by atoms with van der Waals surface area (Å²) in [4.78, 5) is 2.79. The minimum atomic E-state index is -3.35. The van der Waals surface area contributed by atoms with Gasteiger partial charge in [-0.3, -0.25) is 0 Å². The van der Waals surface area contributed by atoms with E-state index in [0.717, 1.165) is 37.9 Å². The average molecular weight is 310 g/mol. The zero-order valence-electron chi connectivity index (χ0n) is 13.0. The van der Waals surface area contributed by atoms with Gasteiger partial charge in [0.2, 0.25) is 10.0 Å². The van der Waals surface area contributed by atoms with E-state index in [1.54, 1.807) is 24.3 Å². The zero-order valence-corrected chi connectivity index (χ0v) is 13.8. The van der Waals surface area contributed by atoms with E-state index < -0.39 is 10.0 Å². The van der Waals surface area contributed by atoms with Gasteiger partial charge in [-0.25, -0.2) is 13.1 Å². The van der Waals surface area contributed by atoms with Crippen molar-refractivity contribution in [3.8, 4) is 0 Å². The van der Waals surface area contributed by atoms with Crippen LogP contribution in [0, 0.1) is 11.8 Å². The highest BCUT2D eigenvalue weighted by Crippen LogP contribution is 2.20. The van der Waals surface area contributed by atoms with E-state index in [1.807, 2.05) is 6.07 Å². The molecule has 1 N–H and O–H groups in total. The Bertz CT molecular complexity index is 520. The van der Waals surface area contributed by atoms with Crippen LogP contribution < -0.4 is 4.72 Å². The zero-order chi connectivity index (χ0) is 15.3. The number of rotatable bonds is 6. The molecule has 21 heavy (non-hydrogen) atoms. The number of nitrogens with zero attached hydrogens (tertiary/aromatic N) is 1. The molecule has 0 spiro atoms. The third kappa shape index (κ3) is 5.09. The molecule has 1 aromatic rings. The normalized spacial score (nSPS) is 24.1. The molecule has 4 nitrogen and oxygen atoms in total. The summed E-state index contributed by atoms with van der Waals surface area (Å²) in [5.41, 5.74) is 0. The lowest BCUT2D eigenvalue weighted by molar-refractivity contribution is 0.140. The van der Waals surface area contributed by atoms with Crippen LogP contribution in [0.5, 0.6) is 0 Å². The lowest BCUT2D eigenvalue weighted by Gasteiger charge is -2.34. The fourth-order valence-corrected chi connectivity index (χ4v) is 4.26. The third-order valence-electron chi connectivity index (χ3n) is 3.94. The van der Waals surface area contributed by atoms with Gasteiger partial charge >= 0.3 is 0 Å². The van der Waals surface area contributed by atoms with Gasteiger partial charge < -0.3 is 4.90 Å². The Morgan fingerprint density at radius 3 is 2.38 bits per heavy atom. The van der Waals surface area contributed by atoms with Crippen LogP contribution in [0.1, 0.15) is 26.7 Å². The summed E-state index contributed by atoms with van der Waals surface area (Å²) in [5.74, 6) is 1.49. The number of likely N-dealkylation sites (tertiary alicyclic amines) is 1. The van der Waals surface area contributed by atoms with Crippen LogP contribution in [-0.2, 0) is 10.0 Å². The van der Waals surface area contributed by atoms with Crippen molar-refractivity contribution in [2.75, 3.05) is 26.2 Å². The molecule has 2 rings (SSSR count). The molecule has 1 aromatic carbocycles. The standard InChI is InChI=1S/C16H26N2O2S/c1-14-11-15(2)13-18(12-14)10-6-9-17-21(19,20)16-7-4-3-5-8-16/h3-5,7-8,14-15,17H,6,9-13H2,1-2H3/t14-,15-/m0/s1. The maximum Gasteiger partial charge on any atom is 0.240 e. The Balaban J connectivity index is 1.75. The minimum Gasteiger partial charge on any atom is -0.303 e. The van der Waals surface area contributed by atoms with Crippen LogP contribution in [0.4, 0.5) is 0 Å². The smallest absolute Gasteiger partial charge is 0.240 e. The van der Waals surface area contributed by atoms with Crippen molar-refractivity contribution in [1.29, 1.82) is 0 Å². The molecule has 0 bridgehead atoms. The average Bonchev–Trinajstić information content (AvgIpc) is 2.44. The molecule has 0 aliphatic carbocycles. The molecule has 1 saturated heterocycles. The summed E-state index contributed by atoms with van der Waals surface area (Å²) < 4.78 is 26.8. The Hall–Kier alpha value is -0.910. The highest BCUT2D eigenvalue weighted by atomic mass is 32.2. The molecule has 0 radical (unpaired) electrons. The van der Waals surface area contributed by atoms with Gasteiger partial charge in [-0.15, -0.1) is 0 Å². The first-order valence-electron chi connectivity index (χ1n) is 7.74. The van der Waals surface area contributed by atoms with Crippen LogP contribution in [0.25, 0.3) is 0 Å². The number of sulfonamides is 1. The van der Waals surface area contributed by atoms with Gasteiger partial charge in [-0.2, -0.15) is 0 Å². The van der Waals surface area contributed by atoms with Crippen molar-refractivity contribution in [1.82, 2.24) is 9.62 Å². The summed E-state index contributed by atoms with van der Waals surface area (Å²) in [6.07, 6.45) is 2.16. The monoisotopic (exact) mass is 310 g/mol. The Morgan fingerprint density at radius 2 is 1.76 bits per heavy atom. The van der Waals surface area contributed by atoms with E-state index in [2.05, 4.69) is 23.5 Å². The quantitative estimate of drug-likeness (QED) is 0.821. The molecular formula is C16H26N2O2S. The van der Waals surface area contributed by atoms with E-state index in [1.165, 1.54) is 6.42 Å². The molecule has 0 aromatic heterocycles. The molecule has 0 saturated carbocycles. The summed E-state index contributed by atoms with van der Waals surface area (Å²) >= 11 is 0. The van der Waals surface area contributed by atoms with Crippen molar-refractivity contribution in [3.05, 3.63) is 30.3 Å². The fourth-order valence-electron chi connectivity index (χ4n) is 3.17. The van der Waals surface area contributed by atoms with Crippen molar-refractivity contribution < 1.29 is 8.42 Å². The van der Waals surface area contributed by atoms with E-state index in [0.29, 0.717) is 11.4 Å². The number of piperidine rings is 1. The third-order valence-corrected chi connectivity index (χ3v) is 5.42. The van der Waals surface area contributed by atoms with Crippen LogP contribution in [0.2, 0.25) is 0 Å². The van der Waals surface area contributed by atoms with E-state index in [4.69, 9.17) is 0 Å². The van der Waals surface area contributed by atoms with Gasteiger partial charge in [0.1, 0.15) is 0 Å². The first kappa shape index (κ1) is 16.5. The van der Waals surface area contributed by atoms with Gasteiger partial charge in [0.25, 0.3) is 0 Å². The molecule has 2 atom stereocenters. The summed E-state index contributed by atoms with van der Waals surface area (Å²) in [5, 5.41) is 0. The molecule has 118 valence electrons. The predicted molar refractivity (Wildman–Crippen MR) is 85.6 cm³/mol. The maximum absolute atomic E-state index is 12.1. The second-order valence-corrected chi connectivity index (χ2v) is 8.04. The Kier molecular flexibility index (Phi) is 5.79. The van der Waals surface area contributed by atoms with Crippen LogP contribution in [0.3, 0.4) is 0 Å². The Labute approximate surface area is 128 Å². The van der Waals surface area contributed by atoms with E-state index >= 15 is 0 Å². The first-order chi connectivity index (χ1) is 9.97. The van der Waals surface area contributed by atoms with Crippen molar-refractivity contribution in [2.45, 2.75) is 31.6 Å². The van der Waals surface area contributed by atoms with E-state index in [9.17, 15) is 8.42 Å². The molecule has 5 heteroatoms. The molecular weight excluding hydrogens is 284 g/mol. The highest BCUT2D eigenvalue weighted by Gasteiger charge is 2.21. The largest absolute Gasteiger partial charge is 0.303 e. The van der Waals surface area contributed by atoms with Gasteiger partial charge in [-0.05, 0) is 43.4 Å². The summed E-state index contributed by atoms with van der Waals surface area (Å²) in [6, 6.07) is 8.54. The molecule has 1 aliphatic heterocycles. The lowest BCUT2D eigenvalue weighted by atomic mass is 9.92. The first-order valence-corrected chi connectivity index (χ1v) is 9.23. The lowest BCUT2D eigenvalue weighted by Crippen LogP contribution is -2.40. The van der Waals surface area contributed by atoms with Crippen LogP contribution >= 0.6 is 0 Å². The van der Waals surface area contributed by atoms with Crippen LogP contribution in [0.15, 0.2) is 35.2 Å². The van der Waals surface area contributed by atoms with Gasteiger partial charge in [0.05, 0.1) is 4.90 Å². The van der Waals surface area contributed by atoms with Crippen molar-refractivity contribution in [3.63, 3.8) is 0 Å². The molecule has 1 aliphatic rings. The molecule has 1 heterocycles.